The second kappa shape index (κ2) is 6.18. The molecule has 0 aliphatic heterocycles. The molecule has 1 aliphatic carbocycles. The van der Waals surface area contributed by atoms with Gasteiger partial charge in [0.1, 0.15) is 0 Å². The smallest absolute Gasteiger partial charge is 0.0663 e. The van der Waals surface area contributed by atoms with Crippen LogP contribution in [0.5, 0.6) is 0 Å². The van der Waals surface area contributed by atoms with Crippen LogP contribution >= 0.6 is 0 Å². The van der Waals surface area contributed by atoms with Gasteiger partial charge < -0.3 is 10.5 Å². The third kappa shape index (κ3) is 3.83. The average molecular weight is 233 g/mol. The van der Waals surface area contributed by atoms with E-state index in [1.165, 1.54) is 25.7 Å². The zero-order valence-corrected chi connectivity index (χ0v) is 10.6. The molecule has 17 heavy (non-hydrogen) atoms. The minimum absolute atomic E-state index is 0.00977. The number of ether oxygens (including phenoxy) is 1. The Bertz CT molecular complexity index is 317. The van der Waals surface area contributed by atoms with Crippen molar-refractivity contribution in [1.82, 2.24) is 0 Å². The average Bonchev–Trinajstić information content (AvgIpc) is 2.39. The van der Waals surface area contributed by atoms with Crippen molar-refractivity contribution in [1.29, 1.82) is 0 Å². The van der Waals surface area contributed by atoms with Crippen LogP contribution in [0.15, 0.2) is 30.3 Å². The van der Waals surface area contributed by atoms with Crippen molar-refractivity contribution in [3.63, 3.8) is 0 Å². The molecular weight excluding hydrogens is 210 g/mol. The first-order valence-corrected chi connectivity index (χ1v) is 6.68. The molecule has 0 bridgehead atoms. The first kappa shape index (κ1) is 12.6. The van der Waals surface area contributed by atoms with E-state index in [9.17, 15) is 0 Å². The maximum atomic E-state index is 6.11. The summed E-state index contributed by atoms with van der Waals surface area (Å²) in [6, 6.07) is 10.2. The molecule has 1 aliphatic rings. The molecule has 0 spiro atoms. The van der Waals surface area contributed by atoms with E-state index >= 15 is 0 Å². The van der Waals surface area contributed by atoms with Gasteiger partial charge in [-0.3, -0.25) is 0 Å². The van der Waals surface area contributed by atoms with Crippen LogP contribution in [0.25, 0.3) is 0 Å². The van der Waals surface area contributed by atoms with Gasteiger partial charge in [-0.1, -0.05) is 37.3 Å². The Morgan fingerprint density at radius 2 is 1.82 bits per heavy atom. The number of rotatable bonds is 4. The van der Waals surface area contributed by atoms with Gasteiger partial charge in [-0.15, -0.1) is 0 Å². The Kier molecular flexibility index (Phi) is 4.57. The van der Waals surface area contributed by atoms with E-state index in [1.54, 1.807) is 0 Å². The van der Waals surface area contributed by atoms with Gasteiger partial charge in [-0.2, -0.15) is 0 Å². The molecule has 0 heterocycles. The summed E-state index contributed by atoms with van der Waals surface area (Å²) in [5.41, 5.74) is 7.28. The largest absolute Gasteiger partial charge is 0.376 e. The van der Waals surface area contributed by atoms with Gasteiger partial charge in [0.2, 0.25) is 0 Å². The molecule has 1 aromatic rings. The van der Waals surface area contributed by atoms with Crippen LogP contribution in [0, 0.1) is 5.92 Å². The first-order valence-electron chi connectivity index (χ1n) is 6.68. The molecule has 0 amide bonds. The predicted molar refractivity (Wildman–Crippen MR) is 70.7 cm³/mol. The van der Waals surface area contributed by atoms with Gasteiger partial charge in [-0.05, 0) is 37.2 Å². The summed E-state index contributed by atoms with van der Waals surface area (Å²) in [6.07, 6.45) is 5.42. The number of hydrogen-bond donors (Lipinski definition) is 1. The lowest BCUT2D eigenvalue weighted by Gasteiger charge is -2.27. The topological polar surface area (TPSA) is 35.2 Å². The molecule has 0 saturated heterocycles. The fraction of sp³-hybridized carbons (Fsp3) is 0.600. The minimum atomic E-state index is 0.00977. The summed E-state index contributed by atoms with van der Waals surface area (Å²) in [5, 5.41) is 0. The summed E-state index contributed by atoms with van der Waals surface area (Å²) >= 11 is 0. The van der Waals surface area contributed by atoms with Gasteiger partial charge in [0.15, 0.2) is 0 Å². The molecule has 1 unspecified atom stereocenters. The van der Waals surface area contributed by atoms with E-state index < -0.39 is 0 Å². The summed E-state index contributed by atoms with van der Waals surface area (Å²) in [5.74, 6) is 0.873. The normalized spacial score (nSPS) is 26.7. The summed E-state index contributed by atoms with van der Waals surface area (Å²) in [6.45, 7) is 2.97. The quantitative estimate of drug-likeness (QED) is 0.866. The molecule has 94 valence electrons. The summed E-state index contributed by atoms with van der Waals surface area (Å²) < 4.78 is 5.92. The van der Waals surface area contributed by atoms with Crippen LogP contribution in [0.3, 0.4) is 0 Å². The van der Waals surface area contributed by atoms with Gasteiger partial charge >= 0.3 is 0 Å². The number of nitrogens with two attached hydrogens (primary N) is 1. The van der Waals surface area contributed by atoms with Crippen molar-refractivity contribution in [3.05, 3.63) is 35.9 Å². The highest BCUT2D eigenvalue weighted by Crippen LogP contribution is 2.26. The molecule has 2 N–H and O–H groups in total. The Balaban J connectivity index is 1.75. The van der Waals surface area contributed by atoms with Crippen molar-refractivity contribution >= 4 is 0 Å². The van der Waals surface area contributed by atoms with E-state index in [4.69, 9.17) is 10.5 Å². The van der Waals surface area contributed by atoms with Crippen LogP contribution in [0.2, 0.25) is 0 Å². The van der Waals surface area contributed by atoms with Crippen LogP contribution in [0.4, 0.5) is 0 Å². The molecule has 1 aromatic carbocycles. The molecule has 2 rings (SSSR count). The monoisotopic (exact) mass is 233 g/mol. The molecule has 1 atom stereocenters. The second-order valence-electron chi connectivity index (χ2n) is 5.23. The van der Waals surface area contributed by atoms with Crippen molar-refractivity contribution < 1.29 is 4.74 Å². The third-order valence-electron chi connectivity index (χ3n) is 3.70. The van der Waals surface area contributed by atoms with Crippen molar-refractivity contribution in [2.24, 2.45) is 11.7 Å². The van der Waals surface area contributed by atoms with Gasteiger partial charge in [0, 0.05) is 0 Å². The van der Waals surface area contributed by atoms with E-state index in [2.05, 4.69) is 19.1 Å². The summed E-state index contributed by atoms with van der Waals surface area (Å²) in [4.78, 5) is 0. The molecule has 2 nitrogen and oxygen atoms in total. The van der Waals surface area contributed by atoms with Crippen LogP contribution in [-0.2, 0) is 4.74 Å². The number of hydrogen-bond acceptors (Lipinski definition) is 2. The Hall–Kier alpha value is -0.860. The zero-order valence-electron chi connectivity index (χ0n) is 10.6. The molecule has 1 saturated carbocycles. The van der Waals surface area contributed by atoms with E-state index in [0.29, 0.717) is 12.7 Å². The molecule has 0 radical (unpaired) electrons. The SMILES string of the molecule is CC1CCC(OCC(N)c2ccccc2)CC1. The molecule has 2 heteroatoms. The van der Waals surface area contributed by atoms with E-state index in [0.717, 1.165) is 11.5 Å². The Morgan fingerprint density at radius 1 is 1.18 bits per heavy atom. The van der Waals surface area contributed by atoms with Crippen LogP contribution in [-0.4, -0.2) is 12.7 Å². The lowest BCUT2D eigenvalue weighted by molar-refractivity contribution is 0.0126. The van der Waals surface area contributed by atoms with Gasteiger partial charge in [0.25, 0.3) is 0 Å². The fourth-order valence-corrected chi connectivity index (χ4v) is 2.43. The fourth-order valence-electron chi connectivity index (χ4n) is 2.43. The lowest BCUT2D eigenvalue weighted by Crippen LogP contribution is -2.25. The van der Waals surface area contributed by atoms with Crippen molar-refractivity contribution in [2.45, 2.75) is 44.8 Å². The number of benzene rings is 1. The minimum Gasteiger partial charge on any atom is -0.376 e. The van der Waals surface area contributed by atoms with Crippen LogP contribution in [0.1, 0.15) is 44.2 Å². The standard InChI is InChI=1S/C15H23NO/c1-12-7-9-14(10-8-12)17-11-15(16)13-5-3-2-4-6-13/h2-6,12,14-15H,7-11,16H2,1H3. The first-order chi connectivity index (χ1) is 8.25. The predicted octanol–water partition coefficient (Wildman–Crippen LogP) is 3.28. The highest BCUT2D eigenvalue weighted by atomic mass is 16.5. The van der Waals surface area contributed by atoms with Crippen LogP contribution < -0.4 is 5.73 Å². The highest BCUT2D eigenvalue weighted by Gasteiger charge is 2.19. The van der Waals surface area contributed by atoms with E-state index in [-0.39, 0.29) is 6.04 Å². The van der Waals surface area contributed by atoms with Crippen molar-refractivity contribution in [3.8, 4) is 0 Å². The van der Waals surface area contributed by atoms with E-state index in [1.807, 2.05) is 18.2 Å². The summed E-state index contributed by atoms with van der Waals surface area (Å²) in [7, 11) is 0. The molecule has 1 fully saturated rings. The zero-order chi connectivity index (χ0) is 12.1. The Labute approximate surface area is 104 Å². The Morgan fingerprint density at radius 3 is 2.47 bits per heavy atom. The molecule has 0 aromatic heterocycles. The van der Waals surface area contributed by atoms with Gasteiger partial charge in [0.05, 0.1) is 18.8 Å². The highest BCUT2D eigenvalue weighted by molar-refractivity contribution is 5.18. The maximum absolute atomic E-state index is 6.11. The van der Waals surface area contributed by atoms with Crippen molar-refractivity contribution in [2.75, 3.05) is 6.61 Å². The second-order valence-corrected chi connectivity index (χ2v) is 5.23. The maximum Gasteiger partial charge on any atom is 0.0663 e. The third-order valence-corrected chi connectivity index (χ3v) is 3.70. The lowest BCUT2D eigenvalue weighted by atomic mass is 9.89. The molecular formula is C15H23NO. The van der Waals surface area contributed by atoms with Gasteiger partial charge in [-0.25, -0.2) is 0 Å².